The van der Waals surface area contributed by atoms with E-state index in [-0.39, 0.29) is 5.91 Å². The van der Waals surface area contributed by atoms with Gasteiger partial charge in [-0.1, -0.05) is 18.2 Å². The highest BCUT2D eigenvalue weighted by Gasteiger charge is 2.22. The molecule has 2 aromatic rings. The van der Waals surface area contributed by atoms with Crippen LogP contribution in [0.5, 0.6) is 0 Å². The van der Waals surface area contributed by atoms with Crippen molar-refractivity contribution in [1.82, 2.24) is 25.3 Å². The van der Waals surface area contributed by atoms with E-state index < -0.39 is 0 Å². The van der Waals surface area contributed by atoms with Gasteiger partial charge in [0, 0.05) is 50.9 Å². The molecule has 0 aliphatic heterocycles. The van der Waals surface area contributed by atoms with Crippen LogP contribution >= 0.6 is 0 Å². The van der Waals surface area contributed by atoms with Gasteiger partial charge in [-0.2, -0.15) is 5.10 Å². The molecule has 28 heavy (non-hydrogen) atoms. The molecule has 0 saturated heterocycles. The second kappa shape index (κ2) is 9.92. The molecule has 150 valence electrons. The number of amides is 1. The van der Waals surface area contributed by atoms with Gasteiger partial charge in [-0.15, -0.1) is 0 Å². The zero-order valence-electron chi connectivity index (χ0n) is 16.8. The molecule has 1 aromatic heterocycles. The van der Waals surface area contributed by atoms with Crippen molar-refractivity contribution in [2.24, 2.45) is 4.99 Å². The summed E-state index contributed by atoms with van der Waals surface area (Å²) >= 11 is 0. The topological polar surface area (TPSA) is 74.6 Å². The Hall–Kier alpha value is -2.83. The van der Waals surface area contributed by atoms with Gasteiger partial charge >= 0.3 is 0 Å². The highest BCUT2D eigenvalue weighted by atomic mass is 16.1. The molecule has 0 unspecified atom stereocenters. The molecule has 0 radical (unpaired) electrons. The average molecular weight is 383 g/mol. The maximum absolute atomic E-state index is 11.8. The monoisotopic (exact) mass is 382 g/mol. The SMILES string of the molecule is CCNC(=NCCCC(=O)NC1CC1)N(C)Cc1cnn(-c2ccccc2)c1. The van der Waals surface area contributed by atoms with Crippen LogP contribution in [0.2, 0.25) is 0 Å². The number of rotatable bonds is 9. The molecule has 0 bridgehead atoms. The lowest BCUT2D eigenvalue weighted by Gasteiger charge is -2.21. The number of guanidine groups is 1. The van der Waals surface area contributed by atoms with Crippen molar-refractivity contribution in [2.45, 2.75) is 45.2 Å². The minimum atomic E-state index is 0.143. The van der Waals surface area contributed by atoms with Gasteiger partial charge in [0.1, 0.15) is 0 Å². The maximum atomic E-state index is 11.8. The minimum Gasteiger partial charge on any atom is -0.357 e. The normalized spacial score (nSPS) is 14.0. The van der Waals surface area contributed by atoms with E-state index in [1.54, 1.807) is 0 Å². The first-order chi connectivity index (χ1) is 13.7. The van der Waals surface area contributed by atoms with Crippen molar-refractivity contribution in [2.75, 3.05) is 20.1 Å². The van der Waals surface area contributed by atoms with E-state index in [4.69, 9.17) is 0 Å². The molecule has 1 fully saturated rings. The molecule has 1 aliphatic rings. The van der Waals surface area contributed by atoms with E-state index >= 15 is 0 Å². The summed E-state index contributed by atoms with van der Waals surface area (Å²) in [5.41, 5.74) is 2.15. The zero-order chi connectivity index (χ0) is 19.8. The molecule has 7 heteroatoms. The third-order valence-electron chi connectivity index (χ3n) is 4.54. The predicted octanol–water partition coefficient (Wildman–Crippen LogP) is 2.33. The fraction of sp³-hybridized carbons (Fsp3) is 0.476. The summed E-state index contributed by atoms with van der Waals surface area (Å²) < 4.78 is 1.88. The highest BCUT2D eigenvalue weighted by molar-refractivity contribution is 5.80. The zero-order valence-corrected chi connectivity index (χ0v) is 16.8. The molecule has 1 amide bonds. The second-order valence-corrected chi connectivity index (χ2v) is 7.17. The molecular formula is C21H30N6O. The van der Waals surface area contributed by atoms with Gasteiger partial charge in [0.15, 0.2) is 5.96 Å². The Morgan fingerprint density at radius 3 is 2.82 bits per heavy atom. The van der Waals surface area contributed by atoms with Gasteiger partial charge in [-0.05, 0) is 38.3 Å². The van der Waals surface area contributed by atoms with E-state index in [1.165, 1.54) is 0 Å². The number of hydrogen-bond acceptors (Lipinski definition) is 3. The van der Waals surface area contributed by atoms with Crippen molar-refractivity contribution >= 4 is 11.9 Å². The number of aliphatic imine (C=N–C) groups is 1. The molecule has 3 rings (SSSR count). The number of carbonyl (C=O) groups excluding carboxylic acids is 1. The number of aromatic nitrogens is 2. The van der Waals surface area contributed by atoms with E-state index in [9.17, 15) is 4.79 Å². The van der Waals surface area contributed by atoms with E-state index in [2.05, 4.69) is 32.5 Å². The third kappa shape index (κ3) is 6.11. The Kier molecular flexibility index (Phi) is 7.06. The number of nitrogens with zero attached hydrogens (tertiary/aromatic N) is 4. The lowest BCUT2D eigenvalue weighted by molar-refractivity contribution is -0.121. The Labute approximate surface area is 166 Å². The molecule has 1 aliphatic carbocycles. The molecule has 1 saturated carbocycles. The summed E-state index contributed by atoms with van der Waals surface area (Å²) in [5.74, 6) is 0.988. The predicted molar refractivity (Wildman–Crippen MR) is 111 cm³/mol. The number of hydrogen-bond donors (Lipinski definition) is 2. The summed E-state index contributed by atoms with van der Waals surface area (Å²) in [4.78, 5) is 18.5. The summed E-state index contributed by atoms with van der Waals surface area (Å²) in [6.07, 6.45) is 7.47. The van der Waals surface area contributed by atoms with Gasteiger partial charge < -0.3 is 15.5 Å². The van der Waals surface area contributed by atoms with Gasteiger partial charge in [0.05, 0.1) is 11.9 Å². The average Bonchev–Trinajstić information content (AvgIpc) is 3.39. The molecule has 0 atom stereocenters. The number of benzene rings is 1. The highest BCUT2D eigenvalue weighted by Crippen LogP contribution is 2.18. The van der Waals surface area contributed by atoms with Gasteiger partial charge in [-0.3, -0.25) is 9.79 Å². The van der Waals surface area contributed by atoms with Crippen LogP contribution in [0.1, 0.15) is 38.2 Å². The van der Waals surface area contributed by atoms with Crippen LogP contribution in [0.15, 0.2) is 47.7 Å². The van der Waals surface area contributed by atoms with Gasteiger partial charge in [0.25, 0.3) is 0 Å². The van der Waals surface area contributed by atoms with Crippen LogP contribution in [0, 0.1) is 0 Å². The smallest absolute Gasteiger partial charge is 0.220 e. The Bertz CT molecular complexity index is 781. The lowest BCUT2D eigenvalue weighted by Crippen LogP contribution is -2.38. The summed E-state index contributed by atoms with van der Waals surface area (Å²) in [6, 6.07) is 10.5. The first-order valence-corrected chi connectivity index (χ1v) is 10.0. The largest absolute Gasteiger partial charge is 0.357 e. The minimum absolute atomic E-state index is 0.143. The first-order valence-electron chi connectivity index (χ1n) is 10.0. The van der Waals surface area contributed by atoms with Crippen molar-refractivity contribution in [3.05, 3.63) is 48.3 Å². The van der Waals surface area contributed by atoms with Crippen molar-refractivity contribution < 1.29 is 4.79 Å². The van der Waals surface area contributed by atoms with Crippen LogP contribution in [-0.2, 0) is 11.3 Å². The molecule has 2 N–H and O–H groups in total. The standard InChI is InChI=1S/C21H30N6O/c1-3-22-21(23-13-7-10-20(28)25-18-11-12-18)26(2)15-17-14-24-27(16-17)19-8-5-4-6-9-19/h4-6,8-9,14,16,18H,3,7,10-13,15H2,1-2H3,(H,22,23)(H,25,28). The van der Waals surface area contributed by atoms with Crippen molar-refractivity contribution in [3.63, 3.8) is 0 Å². The Balaban J connectivity index is 1.51. The molecular weight excluding hydrogens is 352 g/mol. The summed E-state index contributed by atoms with van der Waals surface area (Å²) in [5, 5.41) is 10.8. The maximum Gasteiger partial charge on any atom is 0.220 e. The lowest BCUT2D eigenvalue weighted by atomic mass is 10.3. The van der Waals surface area contributed by atoms with Crippen LogP contribution < -0.4 is 10.6 Å². The number of nitrogens with one attached hydrogen (secondary N) is 2. The molecule has 0 spiro atoms. The fourth-order valence-electron chi connectivity index (χ4n) is 2.93. The van der Waals surface area contributed by atoms with E-state index in [1.807, 2.05) is 54.5 Å². The number of para-hydroxylation sites is 1. The Morgan fingerprint density at radius 1 is 1.32 bits per heavy atom. The number of carbonyl (C=O) groups is 1. The second-order valence-electron chi connectivity index (χ2n) is 7.17. The quantitative estimate of drug-likeness (QED) is 0.397. The van der Waals surface area contributed by atoms with Crippen LogP contribution in [0.25, 0.3) is 5.69 Å². The fourth-order valence-corrected chi connectivity index (χ4v) is 2.93. The Morgan fingerprint density at radius 2 is 2.11 bits per heavy atom. The summed E-state index contributed by atoms with van der Waals surface area (Å²) in [7, 11) is 2.02. The van der Waals surface area contributed by atoms with E-state index in [0.29, 0.717) is 25.6 Å². The first kappa shape index (κ1) is 19.9. The van der Waals surface area contributed by atoms with Gasteiger partial charge in [0.2, 0.25) is 5.91 Å². The van der Waals surface area contributed by atoms with Crippen molar-refractivity contribution in [1.29, 1.82) is 0 Å². The third-order valence-corrected chi connectivity index (χ3v) is 4.54. The van der Waals surface area contributed by atoms with E-state index in [0.717, 1.165) is 43.0 Å². The molecule has 1 aromatic carbocycles. The molecule has 1 heterocycles. The van der Waals surface area contributed by atoms with Crippen LogP contribution in [0.4, 0.5) is 0 Å². The van der Waals surface area contributed by atoms with Crippen LogP contribution in [-0.4, -0.2) is 52.7 Å². The van der Waals surface area contributed by atoms with Gasteiger partial charge in [-0.25, -0.2) is 4.68 Å². The van der Waals surface area contributed by atoms with Crippen LogP contribution in [0.3, 0.4) is 0 Å². The van der Waals surface area contributed by atoms with Crippen molar-refractivity contribution in [3.8, 4) is 5.69 Å². The molecule has 7 nitrogen and oxygen atoms in total. The summed E-state index contributed by atoms with van der Waals surface area (Å²) in [6.45, 7) is 4.20.